The highest BCUT2D eigenvalue weighted by atomic mass is 79.9. The van der Waals surface area contributed by atoms with E-state index >= 15 is 0 Å². The van der Waals surface area contributed by atoms with E-state index in [9.17, 15) is 9.90 Å². The average Bonchev–Trinajstić information content (AvgIpc) is 3.24. The van der Waals surface area contributed by atoms with Crippen LogP contribution in [0.25, 0.3) is 16.5 Å². The predicted molar refractivity (Wildman–Crippen MR) is 98.1 cm³/mol. The smallest absolute Gasteiger partial charge is 0.313 e. The maximum atomic E-state index is 10.9. The van der Waals surface area contributed by atoms with E-state index in [1.54, 1.807) is 4.57 Å². The number of aliphatic carboxylic acids is 1. The number of fused-ring (bicyclic) bond motifs is 1. The minimum atomic E-state index is -0.910. The highest BCUT2D eigenvalue weighted by Gasteiger charge is 2.43. The number of hydrogen-bond acceptors (Lipinski definition) is 5. The van der Waals surface area contributed by atoms with E-state index in [1.165, 1.54) is 0 Å². The Morgan fingerprint density at radius 3 is 2.60 bits per heavy atom. The SMILES string of the molecule is O=C(O)CSc1nnc(Br)n1-c1ccc(C2(O)CC2)c2ccccc12. The summed E-state index contributed by atoms with van der Waals surface area (Å²) in [5.74, 6) is -1.01. The van der Waals surface area contributed by atoms with Gasteiger partial charge in [0.25, 0.3) is 0 Å². The zero-order valence-electron chi connectivity index (χ0n) is 13.0. The molecule has 25 heavy (non-hydrogen) atoms. The molecule has 4 rings (SSSR count). The van der Waals surface area contributed by atoms with Crippen molar-refractivity contribution in [2.45, 2.75) is 23.6 Å². The zero-order chi connectivity index (χ0) is 17.6. The fourth-order valence-corrected chi connectivity index (χ4v) is 4.17. The van der Waals surface area contributed by atoms with E-state index in [-0.39, 0.29) is 5.75 Å². The molecule has 1 aliphatic carbocycles. The molecule has 128 valence electrons. The van der Waals surface area contributed by atoms with Gasteiger partial charge in [-0.2, -0.15) is 0 Å². The second-order valence-corrected chi connectivity index (χ2v) is 7.63. The summed E-state index contributed by atoms with van der Waals surface area (Å²) < 4.78 is 2.29. The number of carboxylic acid groups (broad SMARTS) is 1. The fraction of sp³-hybridized carbons (Fsp3) is 0.235. The monoisotopic (exact) mass is 419 g/mol. The van der Waals surface area contributed by atoms with Crippen molar-refractivity contribution in [3.8, 4) is 5.69 Å². The normalized spacial score (nSPS) is 15.4. The largest absolute Gasteiger partial charge is 0.481 e. The lowest BCUT2D eigenvalue weighted by molar-refractivity contribution is -0.133. The molecule has 0 amide bonds. The second-order valence-electron chi connectivity index (χ2n) is 5.98. The highest BCUT2D eigenvalue weighted by molar-refractivity contribution is 9.10. The minimum Gasteiger partial charge on any atom is -0.481 e. The van der Waals surface area contributed by atoms with E-state index in [0.717, 1.165) is 46.6 Å². The molecule has 1 fully saturated rings. The molecule has 0 bridgehead atoms. The number of aromatic nitrogens is 3. The molecule has 8 heteroatoms. The average molecular weight is 420 g/mol. The predicted octanol–water partition coefficient (Wildman–Crippen LogP) is 3.34. The van der Waals surface area contributed by atoms with Gasteiger partial charge in [-0.05, 0) is 45.8 Å². The van der Waals surface area contributed by atoms with Gasteiger partial charge in [-0.3, -0.25) is 9.36 Å². The Morgan fingerprint density at radius 1 is 1.20 bits per heavy atom. The number of carboxylic acids is 1. The van der Waals surface area contributed by atoms with Crippen molar-refractivity contribution in [1.29, 1.82) is 0 Å². The Kier molecular flexibility index (Phi) is 4.05. The molecule has 6 nitrogen and oxygen atoms in total. The van der Waals surface area contributed by atoms with Gasteiger partial charge in [0, 0.05) is 5.39 Å². The number of benzene rings is 2. The molecule has 0 spiro atoms. The summed E-state index contributed by atoms with van der Waals surface area (Å²) in [6.07, 6.45) is 1.54. The van der Waals surface area contributed by atoms with Crippen LogP contribution in [0.1, 0.15) is 18.4 Å². The van der Waals surface area contributed by atoms with Crippen molar-refractivity contribution >= 4 is 44.4 Å². The van der Waals surface area contributed by atoms with Crippen LogP contribution in [0, 0.1) is 0 Å². The molecular formula is C17H14BrN3O3S. The third-order valence-corrected chi connectivity index (χ3v) is 5.71. The number of rotatable bonds is 5. The third kappa shape index (κ3) is 2.94. The summed E-state index contributed by atoms with van der Waals surface area (Å²) in [5.41, 5.74) is 1.04. The molecule has 2 aromatic carbocycles. The number of hydrogen-bond donors (Lipinski definition) is 2. The van der Waals surface area contributed by atoms with Crippen LogP contribution >= 0.6 is 27.7 Å². The first-order valence-corrected chi connectivity index (χ1v) is 9.48. The maximum Gasteiger partial charge on any atom is 0.313 e. The van der Waals surface area contributed by atoms with Crippen LogP contribution in [0.15, 0.2) is 46.3 Å². The van der Waals surface area contributed by atoms with Gasteiger partial charge in [0.1, 0.15) is 0 Å². The van der Waals surface area contributed by atoms with E-state index in [2.05, 4.69) is 26.1 Å². The highest BCUT2D eigenvalue weighted by Crippen LogP contribution is 2.48. The van der Waals surface area contributed by atoms with Crippen LogP contribution in [-0.4, -0.2) is 36.7 Å². The number of nitrogens with zero attached hydrogens (tertiary/aromatic N) is 3. The van der Waals surface area contributed by atoms with Crippen molar-refractivity contribution in [3.63, 3.8) is 0 Å². The molecule has 0 saturated heterocycles. The molecule has 1 aromatic heterocycles. The Labute approximate surface area is 156 Å². The lowest BCUT2D eigenvalue weighted by Crippen LogP contribution is -2.07. The zero-order valence-corrected chi connectivity index (χ0v) is 15.4. The van der Waals surface area contributed by atoms with Gasteiger partial charge < -0.3 is 10.2 Å². The number of thioether (sulfide) groups is 1. The van der Waals surface area contributed by atoms with Crippen molar-refractivity contribution in [2.75, 3.05) is 5.75 Å². The maximum absolute atomic E-state index is 10.9. The van der Waals surface area contributed by atoms with Crippen LogP contribution in [0.2, 0.25) is 0 Å². The molecule has 0 radical (unpaired) electrons. The van der Waals surface area contributed by atoms with E-state index in [0.29, 0.717) is 9.89 Å². The molecule has 0 atom stereocenters. The molecule has 1 aliphatic rings. The van der Waals surface area contributed by atoms with Gasteiger partial charge in [0.2, 0.25) is 4.73 Å². The van der Waals surface area contributed by atoms with Gasteiger partial charge in [-0.25, -0.2) is 0 Å². The van der Waals surface area contributed by atoms with Crippen molar-refractivity contribution in [3.05, 3.63) is 46.7 Å². The van der Waals surface area contributed by atoms with Gasteiger partial charge in [0.05, 0.1) is 17.0 Å². The van der Waals surface area contributed by atoms with E-state index < -0.39 is 11.6 Å². The van der Waals surface area contributed by atoms with Gasteiger partial charge in [0.15, 0.2) is 5.16 Å². The first kappa shape index (κ1) is 16.6. The summed E-state index contributed by atoms with van der Waals surface area (Å²) in [4.78, 5) is 10.9. The molecule has 1 saturated carbocycles. The Bertz CT molecular complexity index is 984. The topological polar surface area (TPSA) is 88.2 Å². The summed E-state index contributed by atoms with van der Waals surface area (Å²) in [6, 6.07) is 11.7. The molecule has 0 unspecified atom stereocenters. The summed E-state index contributed by atoms with van der Waals surface area (Å²) in [6.45, 7) is 0. The molecule has 3 aromatic rings. The second kappa shape index (κ2) is 6.12. The van der Waals surface area contributed by atoms with Gasteiger partial charge >= 0.3 is 5.97 Å². The van der Waals surface area contributed by atoms with E-state index in [4.69, 9.17) is 5.11 Å². The molecule has 1 heterocycles. The number of halogens is 1. The Balaban J connectivity index is 1.89. The van der Waals surface area contributed by atoms with Crippen molar-refractivity contribution < 1.29 is 15.0 Å². The van der Waals surface area contributed by atoms with Crippen molar-refractivity contribution in [1.82, 2.24) is 14.8 Å². The molecule has 0 aliphatic heterocycles. The summed E-state index contributed by atoms with van der Waals surface area (Å²) in [5, 5.41) is 30.0. The lowest BCUT2D eigenvalue weighted by atomic mass is 9.97. The minimum absolute atomic E-state index is 0.0963. The lowest BCUT2D eigenvalue weighted by Gasteiger charge is -2.16. The van der Waals surface area contributed by atoms with Crippen LogP contribution in [0.5, 0.6) is 0 Å². The quantitative estimate of drug-likeness (QED) is 0.616. The Morgan fingerprint density at radius 2 is 1.92 bits per heavy atom. The standard InChI is InChI=1S/C17H14BrN3O3S/c18-15-19-20-16(25-9-14(22)23)21(15)13-6-5-12(17(24)7-8-17)10-3-1-2-4-11(10)13/h1-6,24H,7-9H2,(H,22,23). The first-order chi connectivity index (χ1) is 12.0. The molecular weight excluding hydrogens is 406 g/mol. The van der Waals surface area contributed by atoms with Crippen LogP contribution < -0.4 is 0 Å². The van der Waals surface area contributed by atoms with Crippen LogP contribution in [-0.2, 0) is 10.4 Å². The van der Waals surface area contributed by atoms with Gasteiger partial charge in [-0.1, -0.05) is 42.1 Å². The number of aliphatic hydroxyl groups is 1. The van der Waals surface area contributed by atoms with E-state index in [1.807, 2.05) is 36.4 Å². The molecule has 2 N–H and O–H groups in total. The summed E-state index contributed by atoms with van der Waals surface area (Å²) in [7, 11) is 0. The van der Waals surface area contributed by atoms with Crippen molar-refractivity contribution in [2.24, 2.45) is 0 Å². The fourth-order valence-electron chi connectivity index (χ4n) is 2.95. The summed E-state index contributed by atoms with van der Waals surface area (Å²) >= 11 is 4.51. The van der Waals surface area contributed by atoms with Crippen LogP contribution in [0.3, 0.4) is 0 Å². The Hall–Kier alpha value is -1.90. The first-order valence-electron chi connectivity index (χ1n) is 7.70. The number of carbonyl (C=O) groups is 1. The third-order valence-electron chi connectivity index (χ3n) is 4.29. The van der Waals surface area contributed by atoms with Gasteiger partial charge in [-0.15, -0.1) is 10.2 Å². The van der Waals surface area contributed by atoms with Crippen LogP contribution in [0.4, 0.5) is 0 Å².